The third-order valence-corrected chi connectivity index (χ3v) is 1.97. The van der Waals surface area contributed by atoms with Crippen LogP contribution in [0.25, 0.3) is 0 Å². The van der Waals surface area contributed by atoms with Gasteiger partial charge < -0.3 is 0 Å². The van der Waals surface area contributed by atoms with Crippen molar-refractivity contribution in [3.8, 4) is 0 Å². The van der Waals surface area contributed by atoms with E-state index in [-0.39, 0.29) is 5.92 Å². The lowest BCUT2D eigenvalue weighted by molar-refractivity contribution is 0.700. The molecule has 1 aliphatic carbocycles. The molecule has 2 heteroatoms. The summed E-state index contributed by atoms with van der Waals surface area (Å²) in [6.07, 6.45) is 9.32. The summed E-state index contributed by atoms with van der Waals surface area (Å²) < 4.78 is 10.4. The molecule has 0 fully saturated rings. The fourth-order valence-corrected chi connectivity index (χ4v) is 1.24. The molecule has 1 rings (SSSR count). The normalized spacial score (nSPS) is 22.8. The Balaban J connectivity index is 2.94. The van der Waals surface area contributed by atoms with E-state index >= 15 is 0 Å². The highest BCUT2D eigenvalue weighted by Gasteiger charge is 2.06. The van der Waals surface area contributed by atoms with Crippen LogP contribution in [-0.2, 0) is 11.3 Å². The van der Waals surface area contributed by atoms with Gasteiger partial charge in [0.15, 0.2) is 0 Å². The van der Waals surface area contributed by atoms with E-state index in [1.165, 1.54) is 0 Å². The van der Waals surface area contributed by atoms with Crippen LogP contribution in [0.5, 0.6) is 0 Å². The fraction of sp³-hybridized carbons (Fsp3) is 0.125. The molecule has 0 bridgehead atoms. The van der Waals surface area contributed by atoms with Crippen LogP contribution >= 0.6 is 0 Å². The number of hydrogen-bond donors (Lipinski definition) is 0. The Labute approximate surface area is 63.8 Å². The van der Waals surface area contributed by atoms with E-state index in [1.807, 2.05) is 24.3 Å². The Kier molecular flexibility index (Phi) is 2.40. The number of allylic oxidation sites excluding steroid dienone is 5. The molecule has 0 aromatic carbocycles. The second-order valence-electron chi connectivity index (χ2n) is 1.99. The van der Waals surface area contributed by atoms with Crippen LogP contribution in [0, 0.1) is 5.92 Å². The molecule has 1 atom stereocenters. The van der Waals surface area contributed by atoms with Crippen molar-refractivity contribution in [3.05, 3.63) is 37.0 Å². The molecule has 0 radical (unpaired) electrons. The van der Waals surface area contributed by atoms with Gasteiger partial charge in [0.25, 0.3) is 0 Å². The molecule has 0 aromatic rings. The molecule has 0 heterocycles. The van der Waals surface area contributed by atoms with Crippen LogP contribution in [0.15, 0.2) is 37.0 Å². The maximum absolute atomic E-state index is 10.4. The number of rotatable bonds is 1. The van der Waals surface area contributed by atoms with Crippen LogP contribution in [0.4, 0.5) is 0 Å². The first-order valence-electron chi connectivity index (χ1n) is 3.02. The third-order valence-electron chi connectivity index (χ3n) is 1.37. The van der Waals surface area contributed by atoms with Crippen molar-refractivity contribution in [1.82, 2.24) is 0 Å². The van der Waals surface area contributed by atoms with Gasteiger partial charge in [0.1, 0.15) is 0 Å². The van der Waals surface area contributed by atoms with Gasteiger partial charge in [0.05, 0.1) is 16.1 Å². The molecule has 0 aliphatic heterocycles. The molecule has 0 aromatic heterocycles. The van der Waals surface area contributed by atoms with Crippen LogP contribution < -0.4 is 0 Å². The topological polar surface area (TPSA) is 17.1 Å². The highest BCUT2D eigenvalue weighted by molar-refractivity contribution is 7.67. The van der Waals surface area contributed by atoms with Crippen molar-refractivity contribution in [2.45, 2.75) is 0 Å². The standard InChI is InChI=1S/C8H8OS/c1-2-7-5-3-4-6-8(7)10-9/h2-7H,1H2. The highest BCUT2D eigenvalue weighted by Crippen LogP contribution is 2.08. The monoisotopic (exact) mass is 152 g/mol. The lowest BCUT2D eigenvalue weighted by Crippen LogP contribution is -2.08. The van der Waals surface area contributed by atoms with Crippen molar-refractivity contribution in [2.24, 2.45) is 5.92 Å². The summed E-state index contributed by atoms with van der Waals surface area (Å²) in [6, 6.07) is 0. The molecule has 0 spiro atoms. The predicted octanol–water partition coefficient (Wildman–Crippen LogP) is 1.30. The van der Waals surface area contributed by atoms with Crippen molar-refractivity contribution in [1.29, 1.82) is 0 Å². The minimum Gasteiger partial charge on any atom is -0.212 e. The zero-order valence-electron chi connectivity index (χ0n) is 5.49. The molecular formula is C8H8OS. The van der Waals surface area contributed by atoms with Crippen LogP contribution in [-0.4, -0.2) is 9.07 Å². The Morgan fingerprint density at radius 2 is 2.40 bits per heavy atom. The largest absolute Gasteiger partial charge is 0.212 e. The zero-order chi connectivity index (χ0) is 7.40. The summed E-state index contributed by atoms with van der Waals surface area (Å²) in [5.74, 6) is 0.132. The minimum absolute atomic E-state index is 0.132. The minimum atomic E-state index is 0.132. The molecule has 1 nitrogen and oxygen atoms in total. The van der Waals surface area contributed by atoms with E-state index in [4.69, 9.17) is 0 Å². The quantitative estimate of drug-likeness (QED) is 0.409. The van der Waals surface area contributed by atoms with Gasteiger partial charge in [-0.05, 0) is 6.08 Å². The maximum atomic E-state index is 10.4. The molecule has 0 amide bonds. The van der Waals surface area contributed by atoms with Crippen molar-refractivity contribution in [3.63, 3.8) is 0 Å². The van der Waals surface area contributed by atoms with Gasteiger partial charge in [-0.3, -0.25) is 0 Å². The van der Waals surface area contributed by atoms with Crippen LogP contribution in [0.2, 0.25) is 0 Å². The van der Waals surface area contributed by atoms with Crippen LogP contribution in [0.3, 0.4) is 0 Å². The zero-order valence-corrected chi connectivity index (χ0v) is 6.30. The van der Waals surface area contributed by atoms with Crippen molar-refractivity contribution < 1.29 is 4.21 Å². The van der Waals surface area contributed by atoms with Gasteiger partial charge in [-0.2, -0.15) is 0 Å². The molecule has 1 unspecified atom stereocenters. The van der Waals surface area contributed by atoms with E-state index in [0.29, 0.717) is 11.3 Å². The lowest BCUT2D eigenvalue weighted by atomic mass is 10.0. The van der Waals surface area contributed by atoms with Gasteiger partial charge in [-0.15, -0.1) is 6.58 Å². The van der Waals surface area contributed by atoms with Crippen molar-refractivity contribution >= 4 is 16.1 Å². The Morgan fingerprint density at radius 3 is 2.90 bits per heavy atom. The summed E-state index contributed by atoms with van der Waals surface area (Å²) in [4.78, 5) is 0.817. The summed E-state index contributed by atoms with van der Waals surface area (Å²) >= 11 is 0.536. The molecule has 52 valence electrons. The van der Waals surface area contributed by atoms with E-state index in [9.17, 15) is 4.21 Å². The molecule has 1 aliphatic rings. The lowest BCUT2D eigenvalue weighted by Gasteiger charge is -2.06. The molecule has 0 N–H and O–H groups in total. The summed E-state index contributed by atoms with van der Waals surface area (Å²) in [5.41, 5.74) is 0. The second-order valence-corrected chi connectivity index (χ2v) is 2.63. The number of hydrogen-bond acceptors (Lipinski definition) is 1. The first-order valence-corrected chi connectivity index (χ1v) is 3.76. The molecule has 0 saturated carbocycles. The van der Waals surface area contributed by atoms with Gasteiger partial charge in [0, 0.05) is 5.92 Å². The summed E-state index contributed by atoms with van der Waals surface area (Å²) in [6.45, 7) is 3.62. The van der Waals surface area contributed by atoms with Gasteiger partial charge in [-0.1, -0.05) is 24.3 Å². The fourth-order valence-electron chi connectivity index (χ4n) is 0.818. The average molecular weight is 152 g/mol. The third kappa shape index (κ3) is 1.33. The summed E-state index contributed by atoms with van der Waals surface area (Å²) in [5, 5.41) is 0. The Morgan fingerprint density at radius 1 is 1.60 bits per heavy atom. The van der Waals surface area contributed by atoms with Gasteiger partial charge in [-0.25, -0.2) is 4.21 Å². The van der Waals surface area contributed by atoms with Gasteiger partial charge in [0.2, 0.25) is 0 Å². The van der Waals surface area contributed by atoms with Crippen molar-refractivity contribution in [2.75, 3.05) is 0 Å². The van der Waals surface area contributed by atoms with Crippen LogP contribution in [0.1, 0.15) is 0 Å². The first kappa shape index (κ1) is 7.22. The first-order chi connectivity index (χ1) is 4.88. The molecular weight excluding hydrogens is 144 g/mol. The molecule has 10 heavy (non-hydrogen) atoms. The van der Waals surface area contributed by atoms with E-state index in [0.717, 1.165) is 4.86 Å². The maximum Gasteiger partial charge on any atom is 0.0930 e. The second kappa shape index (κ2) is 3.32. The predicted molar refractivity (Wildman–Crippen MR) is 45.1 cm³/mol. The average Bonchev–Trinajstić information content (AvgIpc) is 2.04. The van der Waals surface area contributed by atoms with E-state index in [1.54, 1.807) is 6.08 Å². The van der Waals surface area contributed by atoms with Gasteiger partial charge >= 0.3 is 0 Å². The van der Waals surface area contributed by atoms with E-state index in [2.05, 4.69) is 6.58 Å². The van der Waals surface area contributed by atoms with E-state index < -0.39 is 0 Å². The Hall–Kier alpha value is -0.890. The Bertz CT molecular complexity index is 244. The molecule has 0 saturated heterocycles. The summed E-state index contributed by atoms with van der Waals surface area (Å²) in [7, 11) is 0. The highest BCUT2D eigenvalue weighted by atomic mass is 32.1. The smallest absolute Gasteiger partial charge is 0.0930 e. The SMILES string of the molecule is C=CC1C=CC=CC1=S=O.